The van der Waals surface area contributed by atoms with E-state index in [2.05, 4.69) is 4.98 Å². The van der Waals surface area contributed by atoms with Gasteiger partial charge in [0, 0.05) is 11.7 Å². The first-order valence-corrected chi connectivity index (χ1v) is 5.40. The van der Waals surface area contributed by atoms with Gasteiger partial charge in [-0.2, -0.15) is 0 Å². The van der Waals surface area contributed by atoms with Gasteiger partial charge in [-0.3, -0.25) is 9.88 Å². The van der Waals surface area contributed by atoms with Gasteiger partial charge in [0.1, 0.15) is 0 Å². The van der Waals surface area contributed by atoms with Crippen LogP contribution in [0, 0.1) is 0 Å². The van der Waals surface area contributed by atoms with Crippen molar-refractivity contribution in [3.8, 4) is 0 Å². The zero-order chi connectivity index (χ0) is 13.1. The van der Waals surface area contributed by atoms with Crippen LogP contribution in [0.4, 0.5) is 4.79 Å². The minimum atomic E-state index is -0.978. The Bertz CT molecular complexity index is 399. The number of aliphatic hydroxyl groups is 1. The summed E-state index contributed by atoms with van der Waals surface area (Å²) in [5.41, 5.74) is 0.881. The second-order valence-corrected chi connectivity index (χ2v) is 4.85. The van der Waals surface area contributed by atoms with Gasteiger partial charge in [-0.05, 0) is 38.5 Å². The Kier molecular flexibility index (Phi) is 4.07. The van der Waals surface area contributed by atoms with Crippen molar-refractivity contribution < 1.29 is 15.0 Å². The lowest BCUT2D eigenvalue weighted by atomic mass is 10.1. The topological polar surface area (TPSA) is 73.7 Å². The van der Waals surface area contributed by atoms with Crippen molar-refractivity contribution in [3.05, 3.63) is 29.6 Å². The van der Waals surface area contributed by atoms with E-state index in [1.165, 1.54) is 4.90 Å². The maximum absolute atomic E-state index is 11.2. The molecule has 1 aromatic heterocycles. The van der Waals surface area contributed by atoms with Crippen molar-refractivity contribution >= 4 is 6.09 Å². The van der Waals surface area contributed by atoms with E-state index in [0.717, 1.165) is 5.56 Å². The number of amides is 1. The average Bonchev–Trinajstić information content (AvgIpc) is 2.24. The maximum Gasteiger partial charge on any atom is 0.408 e. The van der Waals surface area contributed by atoms with Gasteiger partial charge >= 0.3 is 6.09 Å². The number of pyridine rings is 1. The molecule has 2 N–H and O–H groups in total. The number of carboxylic acid groups (broad SMARTS) is 1. The predicted octanol–water partition coefficient (Wildman–Crippen LogP) is 1.85. The van der Waals surface area contributed by atoms with E-state index in [9.17, 15) is 4.79 Å². The third kappa shape index (κ3) is 3.71. The summed E-state index contributed by atoms with van der Waals surface area (Å²) in [6.45, 7) is 5.63. The predicted molar refractivity (Wildman–Crippen MR) is 63.5 cm³/mol. The van der Waals surface area contributed by atoms with Crippen LogP contribution in [0.3, 0.4) is 0 Å². The molecule has 0 saturated heterocycles. The molecular weight excluding hydrogens is 220 g/mol. The molecule has 17 heavy (non-hydrogen) atoms. The van der Waals surface area contributed by atoms with Crippen molar-refractivity contribution in [3.63, 3.8) is 0 Å². The lowest BCUT2D eigenvalue weighted by molar-refractivity contribution is 0.0947. The first-order chi connectivity index (χ1) is 7.84. The summed E-state index contributed by atoms with van der Waals surface area (Å²) in [6.07, 6.45) is 0.595. The van der Waals surface area contributed by atoms with Crippen LogP contribution in [0.5, 0.6) is 0 Å². The van der Waals surface area contributed by atoms with Crippen molar-refractivity contribution in [2.75, 3.05) is 0 Å². The smallest absolute Gasteiger partial charge is 0.408 e. The Morgan fingerprint density at radius 2 is 2.12 bits per heavy atom. The molecule has 5 nitrogen and oxygen atoms in total. The molecule has 94 valence electrons. The average molecular weight is 238 g/mol. The van der Waals surface area contributed by atoms with Crippen LogP contribution in [0.1, 0.15) is 32.0 Å². The molecule has 1 amide bonds. The molecule has 1 aromatic rings. The highest BCUT2D eigenvalue weighted by Gasteiger charge is 2.26. The van der Waals surface area contributed by atoms with Crippen molar-refractivity contribution in [2.24, 2.45) is 0 Å². The Morgan fingerprint density at radius 3 is 2.59 bits per heavy atom. The molecule has 0 unspecified atom stereocenters. The summed E-state index contributed by atoms with van der Waals surface area (Å²) in [5, 5.41) is 18.2. The standard InChI is InChI=1S/C12H18N2O3/c1-12(2,3)14(11(16)17)7-10-6-9(8-15)4-5-13-10/h4-6,15H,7-8H2,1-3H3,(H,16,17). The van der Waals surface area contributed by atoms with Crippen molar-refractivity contribution in [1.29, 1.82) is 0 Å². The monoisotopic (exact) mass is 238 g/mol. The number of rotatable bonds is 3. The molecule has 0 atom stereocenters. The quantitative estimate of drug-likeness (QED) is 0.842. The Morgan fingerprint density at radius 1 is 1.47 bits per heavy atom. The summed E-state index contributed by atoms with van der Waals surface area (Å²) < 4.78 is 0. The zero-order valence-electron chi connectivity index (χ0n) is 10.3. The van der Waals surface area contributed by atoms with Gasteiger partial charge in [-0.25, -0.2) is 4.79 Å². The van der Waals surface area contributed by atoms with E-state index in [4.69, 9.17) is 10.2 Å². The van der Waals surface area contributed by atoms with Crippen LogP contribution in [-0.4, -0.2) is 31.7 Å². The van der Waals surface area contributed by atoms with Gasteiger partial charge in [0.2, 0.25) is 0 Å². The molecule has 0 fully saturated rings. The van der Waals surface area contributed by atoms with Gasteiger partial charge in [-0.1, -0.05) is 0 Å². The molecular formula is C12H18N2O3. The van der Waals surface area contributed by atoms with Crippen molar-refractivity contribution in [2.45, 2.75) is 39.5 Å². The number of hydrogen-bond acceptors (Lipinski definition) is 3. The molecule has 0 spiro atoms. The van der Waals surface area contributed by atoms with E-state index < -0.39 is 11.6 Å². The van der Waals surface area contributed by atoms with Gasteiger partial charge in [0.25, 0.3) is 0 Å². The van der Waals surface area contributed by atoms with E-state index >= 15 is 0 Å². The first-order valence-electron chi connectivity index (χ1n) is 5.40. The molecule has 1 heterocycles. The van der Waals surface area contributed by atoms with Crippen LogP contribution in [0.15, 0.2) is 18.3 Å². The fourth-order valence-corrected chi connectivity index (χ4v) is 1.47. The molecule has 0 bridgehead atoms. The van der Waals surface area contributed by atoms with Crippen LogP contribution < -0.4 is 0 Å². The van der Waals surface area contributed by atoms with Crippen LogP contribution in [-0.2, 0) is 13.2 Å². The fraction of sp³-hybridized carbons (Fsp3) is 0.500. The molecule has 0 saturated carbocycles. The number of nitrogens with zero attached hydrogens (tertiary/aromatic N) is 2. The minimum Gasteiger partial charge on any atom is -0.465 e. The Balaban J connectivity index is 2.90. The summed E-state index contributed by atoms with van der Waals surface area (Å²) >= 11 is 0. The highest BCUT2D eigenvalue weighted by Crippen LogP contribution is 2.17. The highest BCUT2D eigenvalue weighted by molar-refractivity contribution is 5.66. The second kappa shape index (κ2) is 5.14. The largest absolute Gasteiger partial charge is 0.465 e. The van der Waals surface area contributed by atoms with Gasteiger partial charge in [0.15, 0.2) is 0 Å². The Hall–Kier alpha value is -1.62. The maximum atomic E-state index is 11.2. The van der Waals surface area contributed by atoms with Gasteiger partial charge in [0.05, 0.1) is 18.8 Å². The summed E-state index contributed by atoms with van der Waals surface area (Å²) in [5.74, 6) is 0. The Labute approximate surface area is 101 Å². The van der Waals surface area contributed by atoms with Crippen LogP contribution in [0.2, 0.25) is 0 Å². The summed E-state index contributed by atoms with van der Waals surface area (Å²) in [7, 11) is 0. The number of hydrogen-bond donors (Lipinski definition) is 2. The van der Waals surface area contributed by atoms with E-state index in [1.807, 2.05) is 20.8 Å². The van der Waals surface area contributed by atoms with Crippen LogP contribution in [0.25, 0.3) is 0 Å². The fourth-order valence-electron chi connectivity index (χ4n) is 1.47. The molecule has 1 rings (SSSR count). The molecule has 0 aliphatic heterocycles. The SMILES string of the molecule is CC(C)(C)N(Cc1cc(CO)ccn1)C(=O)O. The summed E-state index contributed by atoms with van der Waals surface area (Å²) in [6, 6.07) is 3.41. The highest BCUT2D eigenvalue weighted by atomic mass is 16.4. The summed E-state index contributed by atoms with van der Waals surface area (Å²) in [4.78, 5) is 16.6. The lowest BCUT2D eigenvalue weighted by Crippen LogP contribution is -2.44. The third-order valence-corrected chi connectivity index (χ3v) is 2.42. The molecule has 0 aliphatic rings. The number of aliphatic hydroxyl groups excluding tert-OH is 1. The normalized spacial score (nSPS) is 11.3. The minimum absolute atomic E-state index is 0.0713. The van der Waals surface area contributed by atoms with E-state index in [-0.39, 0.29) is 13.2 Å². The third-order valence-electron chi connectivity index (χ3n) is 2.42. The first kappa shape index (κ1) is 13.4. The lowest BCUT2D eigenvalue weighted by Gasteiger charge is -2.32. The van der Waals surface area contributed by atoms with Crippen molar-refractivity contribution in [1.82, 2.24) is 9.88 Å². The van der Waals surface area contributed by atoms with E-state index in [0.29, 0.717) is 5.69 Å². The van der Waals surface area contributed by atoms with Gasteiger partial charge in [-0.15, -0.1) is 0 Å². The molecule has 0 aromatic carbocycles. The molecule has 0 radical (unpaired) electrons. The molecule has 5 heteroatoms. The second-order valence-electron chi connectivity index (χ2n) is 4.85. The number of aromatic nitrogens is 1. The van der Waals surface area contributed by atoms with Crippen LogP contribution >= 0.6 is 0 Å². The number of carbonyl (C=O) groups is 1. The van der Waals surface area contributed by atoms with Gasteiger partial charge < -0.3 is 10.2 Å². The zero-order valence-corrected chi connectivity index (χ0v) is 10.3. The van der Waals surface area contributed by atoms with E-state index in [1.54, 1.807) is 18.3 Å². The molecule has 0 aliphatic carbocycles.